The molecule has 0 aromatic heterocycles. The molecule has 3 heteroatoms. The summed E-state index contributed by atoms with van der Waals surface area (Å²) in [5.74, 6) is 1.08. The van der Waals surface area contributed by atoms with Crippen LogP contribution in [0.2, 0.25) is 0 Å². The first-order chi connectivity index (χ1) is 10.6. The molecule has 2 aromatic carbocycles. The topological polar surface area (TPSA) is 38.3 Å². The maximum Gasteiger partial charge on any atom is 0.262 e. The normalized spacial score (nSPS) is 11.8. The van der Waals surface area contributed by atoms with Crippen molar-refractivity contribution in [3.8, 4) is 5.75 Å². The molecule has 2 aromatic rings. The Balaban J connectivity index is 1.85. The summed E-state index contributed by atoms with van der Waals surface area (Å²) in [5, 5.41) is 2.84. The van der Waals surface area contributed by atoms with E-state index in [4.69, 9.17) is 4.74 Å². The fourth-order valence-electron chi connectivity index (χ4n) is 2.11. The SMILES string of the molecule is CC[C@@H](C)c1ccc(NC(=O)COc2ccc(C)cc2)cc1. The number of ether oxygens (including phenoxy) is 1. The summed E-state index contributed by atoms with van der Waals surface area (Å²) in [4.78, 5) is 11.9. The lowest BCUT2D eigenvalue weighted by Crippen LogP contribution is -2.20. The number of hydrogen-bond donors (Lipinski definition) is 1. The summed E-state index contributed by atoms with van der Waals surface area (Å²) >= 11 is 0. The summed E-state index contributed by atoms with van der Waals surface area (Å²) in [7, 11) is 0. The minimum absolute atomic E-state index is 0.0101. The van der Waals surface area contributed by atoms with Gasteiger partial charge in [-0.05, 0) is 49.1 Å². The van der Waals surface area contributed by atoms with E-state index in [0.717, 1.165) is 17.7 Å². The number of carbonyl (C=O) groups is 1. The molecular weight excluding hydrogens is 274 g/mol. The molecule has 0 radical (unpaired) electrons. The van der Waals surface area contributed by atoms with Gasteiger partial charge in [-0.15, -0.1) is 0 Å². The van der Waals surface area contributed by atoms with Crippen molar-refractivity contribution in [2.75, 3.05) is 11.9 Å². The number of carbonyl (C=O) groups excluding carboxylic acids is 1. The molecule has 1 atom stereocenters. The smallest absolute Gasteiger partial charge is 0.262 e. The molecule has 0 fully saturated rings. The zero-order valence-corrected chi connectivity index (χ0v) is 13.4. The Hall–Kier alpha value is -2.29. The second kappa shape index (κ2) is 7.64. The number of nitrogens with one attached hydrogen (secondary N) is 1. The Morgan fingerprint density at radius 2 is 1.73 bits per heavy atom. The highest BCUT2D eigenvalue weighted by Gasteiger charge is 2.06. The molecule has 2 rings (SSSR count). The molecule has 0 aliphatic rings. The molecule has 0 bridgehead atoms. The molecule has 0 spiro atoms. The van der Waals surface area contributed by atoms with Crippen LogP contribution in [0.5, 0.6) is 5.75 Å². The van der Waals surface area contributed by atoms with Crippen LogP contribution in [0.3, 0.4) is 0 Å². The van der Waals surface area contributed by atoms with Gasteiger partial charge in [0.15, 0.2) is 6.61 Å². The van der Waals surface area contributed by atoms with Crippen molar-refractivity contribution in [1.82, 2.24) is 0 Å². The third-order valence-electron chi connectivity index (χ3n) is 3.77. The van der Waals surface area contributed by atoms with Crippen molar-refractivity contribution >= 4 is 11.6 Å². The van der Waals surface area contributed by atoms with E-state index in [1.807, 2.05) is 43.3 Å². The van der Waals surface area contributed by atoms with Crippen molar-refractivity contribution in [3.63, 3.8) is 0 Å². The molecule has 3 nitrogen and oxygen atoms in total. The average molecular weight is 297 g/mol. The predicted octanol–water partition coefficient (Wildman–Crippen LogP) is 4.53. The van der Waals surface area contributed by atoms with Gasteiger partial charge in [-0.3, -0.25) is 4.79 Å². The Morgan fingerprint density at radius 1 is 1.09 bits per heavy atom. The minimum Gasteiger partial charge on any atom is -0.484 e. The monoisotopic (exact) mass is 297 g/mol. The summed E-state index contributed by atoms with van der Waals surface area (Å²) in [6.07, 6.45) is 1.11. The molecule has 116 valence electrons. The molecule has 1 amide bonds. The summed E-state index contributed by atoms with van der Waals surface area (Å²) in [6.45, 7) is 6.39. The quantitative estimate of drug-likeness (QED) is 0.851. The van der Waals surface area contributed by atoms with Crippen LogP contribution in [0.15, 0.2) is 48.5 Å². The number of anilines is 1. The molecule has 22 heavy (non-hydrogen) atoms. The van der Waals surface area contributed by atoms with E-state index < -0.39 is 0 Å². The standard InChI is InChI=1S/C19H23NO2/c1-4-15(3)16-7-9-17(10-8-16)20-19(21)13-22-18-11-5-14(2)6-12-18/h5-12,15H,4,13H2,1-3H3,(H,20,21)/t15-/m1/s1. The first-order valence-corrected chi connectivity index (χ1v) is 7.67. The van der Waals surface area contributed by atoms with Gasteiger partial charge in [-0.1, -0.05) is 43.7 Å². The highest BCUT2D eigenvalue weighted by atomic mass is 16.5. The number of hydrogen-bond acceptors (Lipinski definition) is 2. The van der Waals surface area contributed by atoms with Gasteiger partial charge in [0.1, 0.15) is 5.75 Å². The van der Waals surface area contributed by atoms with Crippen molar-refractivity contribution in [2.24, 2.45) is 0 Å². The molecular formula is C19H23NO2. The highest BCUT2D eigenvalue weighted by molar-refractivity contribution is 5.91. The van der Waals surface area contributed by atoms with Crippen molar-refractivity contribution in [3.05, 3.63) is 59.7 Å². The van der Waals surface area contributed by atoms with Gasteiger partial charge in [-0.25, -0.2) is 0 Å². The maximum atomic E-state index is 11.9. The van der Waals surface area contributed by atoms with Crippen LogP contribution >= 0.6 is 0 Å². The van der Waals surface area contributed by atoms with Crippen LogP contribution < -0.4 is 10.1 Å². The van der Waals surface area contributed by atoms with E-state index in [-0.39, 0.29) is 12.5 Å². The lowest BCUT2D eigenvalue weighted by Gasteiger charge is -2.11. The van der Waals surface area contributed by atoms with Crippen molar-refractivity contribution < 1.29 is 9.53 Å². The van der Waals surface area contributed by atoms with E-state index in [9.17, 15) is 4.79 Å². The van der Waals surface area contributed by atoms with Gasteiger partial charge in [0.05, 0.1) is 0 Å². The third-order valence-corrected chi connectivity index (χ3v) is 3.77. The van der Waals surface area contributed by atoms with E-state index >= 15 is 0 Å². The van der Waals surface area contributed by atoms with Crippen LogP contribution in [-0.4, -0.2) is 12.5 Å². The summed E-state index contributed by atoms with van der Waals surface area (Å²) in [5.41, 5.74) is 3.25. The van der Waals surface area contributed by atoms with Gasteiger partial charge >= 0.3 is 0 Å². The summed E-state index contributed by atoms with van der Waals surface area (Å²) in [6, 6.07) is 15.6. The van der Waals surface area contributed by atoms with E-state index in [1.165, 1.54) is 5.56 Å². The van der Waals surface area contributed by atoms with Crippen LogP contribution in [-0.2, 0) is 4.79 Å². The van der Waals surface area contributed by atoms with Crippen molar-refractivity contribution in [2.45, 2.75) is 33.1 Å². The lowest BCUT2D eigenvalue weighted by atomic mass is 9.99. The molecule has 0 aliphatic heterocycles. The fourth-order valence-corrected chi connectivity index (χ4v) is 2.11. The Morgan fingerprint density at radius 3 is 2.32 bits per heavy atom. The molecule has 0 unspecified atom stereocenters. The van der Waals surface area contributed by atoms with Gasteiger partial charge in [0.25, 0.3) is 5.91 Å². The van der Waals surface area contributed by atoms with Gasteiger partial charge in [0.2, 0.25) is 0 Å². The predicted molar refractivity (Wildman–Crippen MR) is 90.5 cm³/mol. The lowest BCUT2D eigenvalue weighted by molar-refractivity contribution is -0.118. The van der Waals surface area contributed by atoms with Gasteiger partial charge in [-0.2, -0.15) is 0 Å². The Labute approximate surface area is 132 Å². The second-order valence-electron chi connectivity index (χ2n) is 5.58. The van der Waals surface area contributed by atoms with E-state index in [2.05, 4.69) is 31.3 Å². The van der Waals surface area contributed by atoms with Gasteiger partial charge < -0.3 is 10.1 Å². The first kappa shape index (κ1) is 16.1. The van der Waals surface area contributed by atoms with Gasteiger partial charge in [0, 0.05) is 5.69 Å². The highest BCUT2D eigenvalue weighted by Crippen LogP contribution is 2.20. The van der Waals surface area contributed by atoms with E-state index in [0.29, 0.717) is 11.7 Å². The fraction of sp³-hybridized carbons (Fsp3) is 0.316. The number of aryl methyl sites for hydroxylation is 1. The van der Waals surface area contributed by atoms with Crippen LogP contribution in [0.4, 0.5) is 5.69 Å². The second-order valence-corrected chi connectivity index (χ2v) is 5.58. The van der Waals surface area contributed by atoms with Crippen LogP contribution in [0, 0.1) is 6.92 Å². The largest absolute Gasteiger partial charge is 0.484 e. The zero-order valence-electron chi connectivity index (χ0n) is 13.4. The molecule has 1 N–H and O–H groups in total. The first-order valence-electron chi connectivity index (χ1n) is 7.67. The molecule has 0 saturated carbocycles. The molecule has 0 heterocycles. The number of amides is 1. The van der Waals surface area contributed by atoms with E-state index in [1.54, 1.807) is 0 Å². The molecule has 0 saturated heterocycles. The Kier molecular flexibility index (Phi) is 5.59. The van der Waals surface area contributed by atoms with Crippen LogP contribution in [0.1, 0.15) is 37.3 Å². The Bertz CT molecular complexity index is 602. The van der Waals surface area contributed by atoms with Crippen LogP contribution in [0.25, 0.3) is 0 Å². The molecule has 0 aliphatic carbocycles. The number of rotatable bonds is 6. The van der Waals surface area contributed by atoms with Crippen molar-refractivity contribution in [1.29, 1.82) is 0 Å². The maximum absolute atomic E-state index is 11.9. The number of benzene rings is 2. The minimum atomic E-state index is -0.156. The summed E-state index contributed by atoms with van der Waals surface area (Å²) < 4.78 is 5.46. The average Bonchev–Trinajstić information content (AvgIpc) is 2.54. The third kappa shape index (κ3) is 4.62. The zero-order chi connectivity index (χ0) is 15.9.